The second kappa shape index (κ2) is 8.17. The van der Waals surface area contributed by atoms with Gasteiger partial charge < -0.3 is 14.7 Å². The summed E-state index contributed by atoms with van der Waals surface area (Å²) in [6, 6.07) is 18.0. The van der Waals surface area contributed by atoms with Gasteiger partial charge in [-0.25, -0.2) is 4.68 Å². The summed E-state index contributed by atoms with van der Waals surface area (Å²) in [6.07, 6.45) is 5.82. The van der Waals surface area contributed by atoms with Gasteiger partial charge in [-0.3, -0.25) is 4.79 Å². The zero-order valence-electron chi connectivity index (χ0n) is 15.6. The zero-order chi connectivity index (χ0) is 19.3. The predicted octanol–water partition coefficient (Wildman–Crippen LogP) is 3.89. The van der Waals surface area contributed by atoms with E-state index in [0.29, 0.717) is 6.61 Å². The molecule has 0 unspecified atom stereocenters. The molecule has 0 spiro atoms. The quantitative estimate of drug-likeness (QED) is 0.676. The van der Waals surface area contributed by atoms with Crippen molar-refractivity contribution < 1.29 is 14.6 Å². The number of aliphatic carboxylic acids is 1. The van der Waals surface area contributed by atoms with Crippen molar-refractivity contribution in [3.63, 3.8) is 0 Å². The highest BCUT2D eigenvalue weighted by Crippen LogP contribution is 2.29. The van der Waals surface area contributed by atoms with Crippen LogP contribution in [-0.4, -0.2) is 33.4 Å². The van der Waals surface area contributed by atoms with Crippen LogP contribution >= 0.6 is 0 Å². The van der Waals surface area contributed by atoms with E-state index in [0.717, 1.165) is 42.1 Å². The molecule has 28 heavy (non-hydrogen) atoms. The molecule has 2 heterocycles. The third-order valence-corrected chi connectivity index (χ3v) is 5.07. The van der Waals surface area contributed by atoms with Gasteiger partial charge in [-0.15, -0.1) is 0 Å². The summed E-state index contributed by atoms with van der Waals surface area (Å²) < 4.78 is 7.72. The van der Waals surface area contributed by atoms with Crippen molar-refractivity contribution in [2.24, 2.45) is 0 Å². The fourth-order valence-corrected chi connectivity index (χ4v) is 3.66. The number of rotatable bonds is 7. The maximum absolute atomic E-state index is 11.0. The first-order valence-corrected chi connectivity index (χ1v) is 9.49. The summed E-state index contributed by atoms with van der Waals surface area (Å²) in [5.41, 5.74) is 3.15. The van der Waals surface area contributed by atoms with Crippen molar-refractivity contribution in [2.75, 3.05) is 11.4 Å². The van der Waals surface area contributed by atoms with Crippen LogP contribution in [0.3, 0.4) is 0 Å². The number of carbonyl (C=O) groups is 1. The van der Waals surface area contributed by atoms with Crippen LogP contribution in [0, 0.1) is 0 Å². The number of hydrogen-bond acceptors (Lipinski definition) is 4. The molecule has 6 nitrogen and oxygen atoms in total. The molecule has 2 aromatic carbocycles. The van der Waals surface area contributed by atoms with E-state index in [1.54, 1.807) is 6.20 Å². The van der Waals surface area contributed by atoms with Crippen LogP contribution in [0.15, 0.2) is 67.0 Å². The molecule has 3 aromatic rings. The average Bonchev–Trinajstić information content (AvgIpc) is 3.39. The minimum Gasteiger partial charge on any atom is -0.489 e. The summed E-state index contributed by atoms with van der Waals surface area (Å²) in [5.74, 6) is 0.0595. The zero-order valence-corrected chi connectivity index (χ0v) is 15.6. The first-order valence-electron chi connectivity index (χ1n) is 9.49. The molecule has 0 aliphatic carbocycles. The standard InChI is InChI=1S/C22H23N3O3/c26-22(27)15-20-3-1-13-24(20)18-8-10-21(11-9-18)28-16-17-4-6-19(7-5-17)25-14-2-12-23-25/h2,4-12,14,20H,1,3,13,15-16H2,(H,26,27)/t20-/m0/s1. The Bertz CT molecular complexity index is 905. The van der Waals surface area contributed by atoms with Crippen molar-refractivity contribution >= 4 is 11.7 Å². The normalized spacial score (nSPS) is 16.3. The number of aromatic nitrogens is 2. The highest BCUT2D eigenvalue weighted by Gasteiger charge is 2.26. The lowest BCUT2D eigenvalue weighted by Gasteiger charge is -2.25. The lowest BCUT2D eigenvalue weighted by atomic mass is 10.1. The van der Waals surface area contributed by atoms with Crippen molar-refractivity contribution in [1.82, 2.24) is 9.78 Å². The largest absolute Gasteiger partial charge is 0.489 e. The van der Waals surface area contributed by atoms with Gasteiger partial charge in [-0.05, 0) is 60.9 Å². The summed E-state index contributed by atoms with van der Waals surface area (Å²) in [7, 11) is 0. The molecule has 1 aliphatic heterocycles. The number of nitrogens with zero attached hydrogens (tertiary/aromatic N) is 3. The third-order valence-electron chi connectivity index (χ3n) is 5.07. The molecule has 0 radical (unpaired) electrons. The molecule has 0 bridgehead atoms. The third kappa shape index (κ3) is 4.17. The number of carboxylic acids is 1. The van der Waals surface area contributed by atoms with E-state index in [2.05, 4.69) is 10.00 Å². The highest BCUT2D eigenvalue weighted by atomic mass is 16.5. The number of carboxylic acid groups (broad SMARTS) is 1. The van der Waals surface area contributed by atoms with E-state index in [4.69, 9.17) is 9.84 Å². The number of anilines is 1. The van der Waals surface area contributed by atoms with E-state index in [-0.39, 0.29) is 12.5 Å². The summed E-state index contributed by atoms with van der Waals surface area (Å²) in [6.45, 7) is 1.39. The fourth-order valence-electron chi connectivity index (χ4n) is 3.66. The van der Waals surface area contributed by atoms with Gasteiger partial charge in [-0.2, -0.15) is 5.10 Å². The molecule has 6 heteroatoms. The molecule has 1 fully saturated rings. The Morgan fingerprint density at radius 3 is 2.54 bits per heavy atom. The van der Waals surface area contributed by atoms with Gasteiger partial charge in [0.1, 0.15) is 12.4 Å². The molecule has 1 N–H and O–H groups in total. The van der Waals surface area contributed by atoms with Gasteiger partial charge >= 0.3 is 5.97 Å². The van der Waals surface area contributed by atoms with E-state index in [9.17, 15) is 4.79 Å². The van der Waals surface area contributed by atoms with Crippen LogP contribution in [0.25, 0.3) is 5.69 Å². The molecule has 144 valence electrons. The van der Waals surface area contributed by atoms with E-state index < -0.39 is 5.97 Å². The topological polar surface area (TPSA) is 67.6 Å². The van der Waals surface area contributed by atoms with Crippen LogP contribution in [0.5, 0.6) is 5.75 Å². The van der Waals surface area contributed by atoms with Gasteiger partial charge in [0.15, 0.2) is 0 Å². The van der Waals surface area contributed by atoms with Crippen LogP contribution in [0.4, 0.5) is 5.69 Å². The van der Waals surface area contributed by atoms with Gasteiger partial charge in [0.05, 0.1) is 12.1 Å². The minimum atomic E-state index is -0.740. The predicted molar refractivity (Wildman–Crippen MR) is 107 cm³/mol. The number of hydrogen-bond donors (Lipinski definition) is 1. The molecule has 4 rings (SSSR count). The Balaban J connectivity index is 1.35. The fraction of sp³-hybridized carbons (Fsp3) is 0.273. The molecular weight excluding hydrogens is 354 g/mol. The molecule has 1 aromatic heterocycles. The van der Waals surface area contributed by atoms with Crippen LogP contribution in [0.2, 0.25) is 0 Å². The van der Waals surface area contributed by atoms with E-state index >= 15 is 0 Å². The van der Waals surface area contributed by atoms with Gasteiger partial charge in [0.25, 0.3) is 0 Å². The Labute approximate surface area is 164 Å². The number of benzene rings is 2. The van der Waals surface area contributed by atoms with Gasteiger partial charge in [0.2, 0.25) is 0 Å². The lowest BCUT2D eigenvalue weighted by Crippen LogP contribution is -2.31. The molecule has 0 saturated carbocycles. The Hall–Kier alpha value is -3.28. The van der Waals surface area contributed by atoms with Crippen LogP contribution in [-0.2, 0) is 11.4 Å². The van der Waals surface area contributed by atoms with Crippen molar-refractivity contribution in [3.05, 3.63) is 72.6 Å². The molecule has 1 aliphatic rings. The molecule has 1 saturated heterocycles. The minimum absolute atomic E-state index is 0.0811. The van der Waals surface area contributed by atoms with Crippen LogP contribution < -0.4 is 9.64 Å². The number of ether oxygens (including phenoxy) is 1. The average molecular weight is 377 g/mol. The molecule has 1 atom stereocenters. The first kappa shape index (κ1) is 18.1. The van der Waals surface area contributed by atoms with E-state index in [1.165, 1.54) is 0 Å². The Morgan fingerprint density at radius 1 is 1.11 bits per heavy atom. The maximum Gasteiger partial charge on any atom is 0.305 e. The lowest BCUT2D eigenvalue weighted by molar-refractivity contribution is -0.137. The maximum atomic E-state index is 11.0. The molecule has 0 amide bonds. The molecular formula is C22H23N3O3. The monoisotopic (exact) mass is 377 g/mol. The Morgan fingerprint density at radius 2 is 1.86 bits per heavy atom. The van der Waals surface area contributed by atoms with E-state index in [1.807, 2.05) is 65.5 Å². The Kier molecular flexibility index (Phi) is 5.28. The summed E-state index contributed by atoms with van der Waals surface area (Å²) in [5, 5.41) is 13.3. The van der Waals surface area contributed by atoms with Crippen molar-refractivity contribution in [1.29, 1.82) is 0 Å². The van der Waals surface area contributed by atoms with Gasteiger partial charge in [-0.1, -0.05) is 12.1 Å². The SMILES string of the molecule is O=C(O)C[C@@H]1CCCN1c1ccc(OCc2ccc(-n3cccn3)cc2)cc1. The van der Waals surface area contributed by atoms with Crippen molar-refractivity contribution in [2.45, 2.75) is 31.9 Å². The van der Waals surface area contributed by atoms with Crippen molar-refractivity contribution in [3.8, 4) is 11.4 Å². The second-order valence-electron chi connectivity index (χ2n) is 6.99. The van der Waals surface area contributed by atoms with Crippen LogP contribution in [0.1, 0.15) is 24.8 Å². The highest BCUT2D eigenvalue weighted by molar-refractivity contribution is 5.69. The summed E-state index contributed by atoms with van der Waals surface area (Å²) in [4.78, 5) is 13.2. The smallest absolute Gasteiger partial charge is 0.305 e. The van der Waals surface area contributed by atoms with Gasteiger partial charge in [0, 0.05) is 30.7 Å². The second-order valence-corrected chi connectivity index (χ2v) is 6.99. The summed E-state index contributed by atoms with van der Waals surface area (Å²) >= 11 is 0. The first-order chi connectivity index (χ1) is 13.7.